The molecular weight excluding hydrogens is 270 g/mol. The summed E-state index contributed by atoms with van der Waals surface area (Å²) in [6, 6.07) is 7.98. The molecule has 0 saturated heterocycles. The number of hydrogen-bond acceptors (Lipinski definition) is 3. The topological polar surface area (TPSA) is 38.3 Å². The standard InChI is InChI=1S/C16H23NO2S/c1-3-20-15-6-4-5-14(15)17-16(18)13-9-7-12(8-10-13)11-19-2/h7-10,14-15H,3-6,11H2,1-2H3,(H,17,18)/t14-,15+/m0/s1. The molecule has 1 aromatic rings. The van der Waals surface area contributed by atoms with Gasteiger partial charge in [0.1, 0.15) is 0 Å². The highest BCUT2D eigenvalue weighted by Gasteiger charge is 2.28. The van der Waals surface area contributed by atoms with Gasteiger partial charge in [-0.25, -0.2) is 0 Å². The molecule has 0 radical (unpaired) electrons. The molecular formula is C16H23NO2S. The third-order valence-corrected chi connectivity index (χ3v) is 5.00. The molecule has 3 nitrogen and oxygen atoms in total. The SMILES string of the molecule is CCS[C@@H]1CCC[C@@H]1NC(=O)c1ccc(COC)cc1. The molecule has 1 saturated carbocycles. The number of amides is 1. The number of methoxy groups -OCH3 is 1. The molecule has 0 heterocycles. The molecule has 2 rings (SSSR count). The average molecular weight is 293 g/mol. The van der Waals surface area contributed by atoms with Crippen LogP contribution in [-0.4, -0.2) is 30.1 Å². The maximum absolute atomic E-state index is 12.3. The van der Waals surface area contributed by atoms with Gasteiger partial charge in [-0.15, -0.1) is 0 Å². The number of rotatable bonds is 6. The van der Waals surface area contributed by atoms with Crippen LogP contribution in [0.1, 0.15) is 42.1 Å². The van der Waals surface area contributed by atoms with E-state index in [1.54, 1.807) is 7.11 Å². The normalized spacial score (nSPS) is 21.9. The van der Waals surface area contributed by atoms with Crippen molar-refractivity contribution in [3.8, 4) is 0 Å². The van der Waals surface area contributed by atoms with E-state index < -0.39 is 0 Å². The van der Waals surface area contributed by atoms with Gasteiger partial charge >= 0.3 is 0 Å². The fourth-order valence-electron chi connectivity index (χ4n) is 2.68. The summed E-state index contributed by atoms with van der Waals surface area (Å²) >= 11 is 1.96. The first-order chi connectivity index (χ1) is 9.74. The summed E-state index contributed by atoms with van der Waals surface area (Å²) < 4.78 is 5.07. The Balaban J connectivity index is 1.93. The maximum atomic E-state index is 12.3. The van der Waals surface area contributed by atoms with E-state index in [0.29, 0.717) is 17.9 Å². The van der Waals surface area contributed by atoms with E-state index in [9.17, 15) is 4.79 Å². The van der Waals surface area contributed by atoms with E-state index in [2.05, 4.69) is 12.2 Å². The quantitative estimate of drug-likeness (QED) is 0.875. The van der Waals surface area contributed by atoms with Crippen LogP contribution in [0.5, 0.6) is 0 Å². The molecule has 1 aliphatic rings. The second-order valence-electron chi connectivity index (χ2n) is 5.13. The maximum Gasteiger partial charge on any atom is 0.251 e. The summed E-state index contributed by atoms with van der Waals surface area (Å²) in [4.78, 5) is 12.3. The van der Waals surface area contributed by atoms with Crippen molar-refractivity contribution in [2.45, 2.75) is 44.1 Å². The van der Waals surface area contributed by atoms with Crippen LogP contribution >= 0.6 is 11.8 Å². The molecule has 20 heavy (non-hydrogen) atoms. The number of carbonyl (C=O) groups is 1. The molecule has 0 spiro atoms. The van der Waals surface area contributed by atoms with E-state index in [4.69, 9.17) is 4.74 Å². The van der Waals surface area contributed by atoms with Gasteiger partial charge in [0.15, 0.2) is 0 Å². The van der Waals surface area contributed by atoms with Gasteiger partial charge in [-0.05, 0) is 36.3 Å². The highest BCUT2D eigenvalue weighted by Crippen LogP contribution is 2.30. The summed E-state index contributed by atoms with van der Waals surface area (Å²) in [7, 11) is 1.67. The summed E-state index contributed by atoms with van der Waals surface area (Å²) in [5, 5.41) is 3.77. The summed E-state index contributed by atoms with van der Waals surface area (Å²) in [5.41, 5.74) is 1.82. The number of benzene rings is 1. The predicted molar refractivity (Wildman–Crippen MR) is 84.2 cm³/mol. The Morgan fingerprint density at radius 3 is 2.75 bits per heavy atom. The Morgan fingerprint density at radius 2 is 2.10 bits per heavy atom. The van der Waals surface area contributed by atoms with Crippen molar-refractivity contribution in [3.05, 3.63) is 35.4 Å². The second-order valence-corrected chi connectivity index (χ2v) is 6.65. The molecule has 110 valence electrons. The zero-order valence-electron chi connectivity index (χ0n) is 12.2. The van der Waals surface area contributed by atoms with E-state index in [0.717, 1.165) is 23.3 Å². The van der Waals surface area contributed by atoms with Gasteiger partial charge in [-0.3, -0.25) is 4.79 Å². The van der Waals surface area contributed by atoms with E-state index in [1.807, 2.05) is 36.0 Å². The molecule has 0 aliphatic heterocycles. The van der Waals surface area contributed by atoms with Gasteiger partial charge in [-0.1, -0.05) is 25.5 Å². The number of thioether (sulfide) groups is 1. The fraction of sp³-hybridized carbons (Fsp3) is 0.562. The van der Waals surface area contributed by atoms with Crippen LogP contribution in [0.4, 0.5) is 0 Å². The summed E-state index contributed by atoms with van der Waals surface area (Å²) in [5.74, 6) is 1.16. The predicted octanol–water partition coefficient (Wildman–Crippen LogP) is 3.24. The van der Waals surface area contributed by atoms with Crippen molar-refractivity contribution in [1.29, 1.82) is 0 Å². The van der Waals surface area contributed by atoms with Crippen molar-refractivity contribution in [3.63, 3.8) is 0 Å². The Bertz CT molecular complexity index is 433. The lowest BCUT2D eigenvalue weighted by molar-refractivity contribution is 0.0938. The highest BCUT2D eigenvalue weighted by molar-refractivity contribution is 7.99. The van der Waals surface area contributed by atoms with Crippen molar-refractivity contribution < 1.29 is 9.53 Å². The lowest BCUT2D eigenvalue weighted by atomic mass is 10.1. The van der Waals surface area contributed by atoms with Gasteiger partial charge in [0.25, 0.3) is 5.91 Å². The van der Waals surface area contributed by atoms with E-state index in [-0.39, 0.29) is 5.91 Å². The monoisotopic (exact) mass is 293 g/mol. The van der Waals surface area contributed by atoms with Crippen LogP contribution in [0.15, 0.2) is 24.3 Å². The Morgan fingerprint density at radius 1 is 1.35 bits per heavy atom. The van der Waals surface area contributed by atoms with Gasteiger partial charge < -0.3 is 10.1 Å². The van der Waals surface area contributed by atoms with Gasteiger partial charge in [0.05, 0.1) is 6.61 Å². The zero-order chi connectivity index (χ0) is 14.4. The minimum Gasteiger partial charge on any atom is -0.380 e. The molecule has 4 heteroatoms. The molecule has 1 fully saturated rings. The zero-order valence-corrected chi connectivity index (χ0v) is 13.0. The molecule has 1 amide bonds. The first-order valence-corrected chi connectivity index (χ1v) is 8.29. The van der Waals surface area contributed by atoms with Gasteiger partial charge in [0.2, 0.25) is 0 Å². The van der Waals surface area contributed by atoms with Crippen molar-refractivity contribution in [2.75, 3.05) is 12.9 Å². The molecule has 0 unspecified atom stereocenters. The van der Waals surface area contributed by atoms with E-state index in [1.165, 1.54) is 12.8 Å². The van der Waals surface area contributed by atoms with Crippen molar-refractivity contribution >= 4 is 17.7 Å². The van der Waals surface area contributed by atoms with Crippen molar-refractivity contribution in [1.82, 2.24) is 5.32 Å². The number of nitrogens with one attached hydrogen (secondary N) is 1. The minimum atomic E-state index is 0.0440. The van der Waals surface area contributed by atoms with E-state index >= 15 is 0 Å². The van der Waals surface area contributed by atoms with Crippen LogP contribution in [-0.2, 0) is 11.3 Å². The smallest absolute Gasteiger partial charge is 0.251 e. The Kier molecular flexibility index (Phi) is 5.92. The molecule has 2 atom stereocenters. The van der Waals surface area contributed by atoms with Gasteiger partial charge in [-0.2, -0.15) is 11.8 Å². The second kappa shape index (κ2) is 7.70. The van der Waals surface area contributed by atoms with Crippen LogP contribution in [0, 0.1) is 0 Å². The molecule has 0 bridgehead atoms. The van der Waals surface area contributed by atoms with Crippen LogP contribution in [0.3, 0.4) is 0 Å². The van der Waals surface area contributed by atoms with Crippen LogP contribution < -0.4 is 5.32 Å². The third-order valence-electron chi connectivity index (χ3n) is 3.68. The third kappa shape index (κ3) is 4.00. The summed E-state index contributed by atoms with van der Waals surface area (Å²) in [6.07, 6.45) is 3.54. The van der Waals surface area contributed by atoms with Crippen molar-refractivity contribution in [2.24, 2.45) is 0 Å². The van der Waals surface area contributed by atoms with Gasteiger partial charge in [0, 0.05) is 24.0 Å². The first kappa shape index (κ1) is 15.4. The Labute approximate surface area is 125 Å². The molecule has 1 aromatic carbocycles. The molecule has 1 aliphatic carbocycles. The number of ether oxygens (including phenoxy) is 1. The highest BCUT2D eigenvalue weighted by atomic mass is 32.2. The van der Waals surface area contributed by atoms with Crippen LogP contribution in [0.25, 0.3) is 0 Å². The summed E-state index contributed by atoms with van der Waals surface area (Å²) in [6.45, 7) is 2.76. The molecule has 0 aromatic heterocycles. The van der Waals surface area contributed by atoms with Crippen LogP contribution in [0.2, 0.25) is 0 Å². The minimum absolute atomic E-state index is 0.0440. The number of hydrogen-bond donors (Lipinski definition) is 1. The number of carbonyl (C=O) groups excluding carboxylic acids is 1. The average Bonchev–Trinajstić information content (AvgIpc) is 2.88. The lowest BCUT2D eigenvalue weighted by Gasteiger charge is -2.20. The molecule has 1 N–H and O–H groups in total. The Hall–Kier alpha value is -1.00. The fourth-order valence-corrected chi connectivity index (χ4v) is 3.87. The largest absolute Gasteiger partial charge is 0.380 e. The first-order valence-electron chi connectivity index (χ1n) is 7.25. The lowest BCUT2D eigenvalue weighted by Crippen LogP contribution is -2.38.